The number of primary amides is 1. The predicted molar refractivity (Wildman–Crippen MR) is 53.8 cm³/mol. The van der Waals surface area contributed by atoms with Crippen LogP contribution < -0.4 is 5.73 Å². The average Bonchev–Trinajstić information content (AvgIpc) is 2.31. The van der Waals surface area contributed by atoms with Gasteiger partial charge in [-0.3, -0.25) is 14.7 Å². The topological polar surface area (TPSA) is 104 Å². The third-order valence-electron chi connectivity index (χ3n) is 1.15. The van der Waals surface area contributed by atoms with Crippen LogP contribution in [0.15, 0.2) is 31.2 Å². The molecule has 0 aliphatic carbocycles. The molecule has 0 aliphatic rings. The van der Waals surface area contributed by atoms with E-state index in [0.717, 1.165) is 6.08 Å². The highest BCUT2D eigenvalue weighted by Gasteiger charge is 1.97. The number of amides is 1. The maximum atomic E-state index is 10.3. The molecule has 0 spiro atoms. The number of hydrogen-bond donors (Lipinski definition) is 1. The molecule has 0 atom stereocenters. The summed E-state index contributed by atoms with van der Waals surface area (Å²) >= 11 is 0. The Hall–Kier alpha value is -2.28. The third-order valence-corrected chi connectivity index (χ3v) is 1.15. The molecule has 1 amide bonds. The first kappa shape index (κ1) is 13.7. The van der Waals surface area contributed by atoms with Gasteiger partial charge in [0.05, 0.1) is 13.3 Å². The van der Waals surface area contributed by atoms with E-state index in [2.05, 4.69) is 26.3 Å². The van der Waals surface area contributed by atoms with Crippen LogP contribution in [0.4, 0.5) is 0 Å². The Labute approximate surface area is 91.8 Å². The number of carbonyl (C=O) groups is 2. The summed E-state index contributed by atoms with van der Waals surface area (Å²) in [6.45, 7) is 3.12. The van der Waals surface area contributed by atoms with Gasteiger partial charge in [0.15, 0.2) is 0 Å². The largest absolute Gasteiger partial charge is 0.365 e. The lowest BCUT2D eigenvalue weighted by Crippen LogP contribution is -2.12. The van der Waals surface area contributed by atoms with E-state index in [0.29, 0.717) is 0 Å². The first-order valence-electron chi connectivity index (χ1n) is 4.04. The Morgan fingerprint density at radius 1 is 1.50 bits per heavy atom. The van der Waals surface area contributed by atoms with Gasteiger partial charge in [-0.2, -0.15) is 4.89 Å². The molecular weight excluding hydrogens is 214 g/mol. The van der Waals surface area contributed by atoms with Crippen LogP contribution in [0.25, 0.3) is 0 Å². The predicted octanol–water partition coefficient (Wildman–Crippen LogP) is -0.148. The lowest BCUT2D eigenvalue weighted by Gasteiger charge is -1.88. The van der Waals surface area contributed by atoms with Crippen molar-refractivity contribution in [3.63, 3.8) is 0 Å². The molecule has 7 nitrogen and oxygen atoms in total. The minimum atomic E-state index is -0.581. The lowest BCUT2D eigenvalue weighted by atomic mass is 10.4. The standard InChI is InChI=1S/C5H5N3O.C4H6O3/c6-5(9)4-3-7-1-2-8-4;1-3-4(5)7-6-2/h1-3H,(H2,6,9);3H,1H2,2H3. The zero-order valence-corrected chi connectivity index (χ0v) is 8.62. The summed E-state index contributed by atoms with van der Waals surface area (Å²) in [5, 5.41) is 0. The number of nitrogens with zero attached hydrogens (tertiary/aromatic N) is 2. The minimum Gasteiger partial charge on any atom is -0.364 e. The Kier molecular flexibility index (Phi) is 6.91. The number of nitrogens with two attached hydrogens (primary N) is 1. The summed E-state index contributed by atoms with van der Waals surface area (Å²) in [6.07, 6.45) is 5.23. The van der Waals surface area contributed by atoms with Gasteiger partial charge in [0.25, 0.3) is 5.91 Å². The maximum Gasteiger partial charge on any atom is 0.365 e. The molecule has 1 rings (SSSR count). The average molecular weight is 225 g/mol. The first-order valence-corrected chi connectivity index (χ1v) is 4.04. The maximum absolute atomic E-state index is 10.3. The second-order valence-corrected chi connectivity index (χ2v) is 2.23. The first-order chi connectivity index (χ1) is 7.61. The van der Waals surface area contributed by atoms with Crippen LogP contribution in [0.5, 0.6) is 0 Å². The second kappa shape index (κ2) is 8.06. The summed E-state index contributed by atoms with van der Waals surface area (Å²) in [6, 6.07) is 0. The number of hydrogen-bond acceptors (Lipinski definition) is 6. The molecule has 0 unspecified atom stereocenters. The fourth-order valence-corrected chi connectivity index (χ4v) is 0.542. The molecule has 2 N–H and O–H groups in total. The van der Waals surface area contributed by atoms with E-state index >= 15 is 0 Å². The zero-order valence-electron chi connectivity index (χ0n) is 8.62. The van der Waals surface area contributed by atoms with Crippen molar-refractivity contribution in [3.8, 4) is 0 Å². The number of aromatic nitrogens is 2. The summed E-state index contributed by atoms with van der Waals surface area (Å²) in [5.41, 5.74) is 5.06. The highest BCUT2D eigenvalue weighted by molar-refractivity contribution is 5.90. The summed E-state index contributed by atoms with van der Waals surface area (Å²) in [5.74, 6) is -1.13. The summed E-state index contributed by atoms with van der Waals surface area (Å²) in [4.78, 5) is 35.5. The van der Waals surface area contributed by atoms with Crippen molar-refractivity contribution in [2.24, 2.45) is 5.73 Å². The van der Waals surface area contributed by atoms with Crippen LogP contribution in [0.1, 0.15) is 10.5 Å². The van der Waals surface area contributed by atoms with Crippen LogP contribution >= 0.6 is 0 Å². The van der Waals surface area contributed by atoms with Crippen molar-refractivity contribution in [1.82, 2.24) is 9.97 Å². The molecule has 0 saturated heterocycles. The Morgan fingerprint density at radius 2 is 2.19 bits per heavy atom. The molecule has 86 valence electrons. The number of rotatable bonds is 3. The van der Waals surface area contributed by atoms with Gasteiger partial charge in [-0.1, -0.05) is 6.58 Å². The molecule has 0 aromatic carbocycles. The zero-order chi connectivity index (χ0) is 12.4. The van der Waals surface area contributed by atoms with E-state index in [1.807, 2.05) is 0 Å². The molecule has 1 aromatic rings. The van der Waals surface area contributed by atoms with Crippen LogP contribution in [0.2, 0.25) is 0 Å². The molecule has 0 aliphatic heterocycles. The molecule has 0 saturated carbocycles. The van der Waals surface area contributed by atoms with Gasteiger partial charge in [-0.05, 0) is 0 Å². The minimum absolute atomic E-state index is 0.192. The van der Waals surface area contributed by atoms with Crippen molar-refractivity contribution < 1.29 is 19.4 Å². The highest BCUT2D eigenvalue weighted by atomic mass is 17.2. The summed E-state index contributed by atoms with van der Waals surface area (Å²) in [7, 11) is 1.25. The van der Waals surface area contributed by atoms with Gasteiger partial charge in [0.1, 0.15) is 5.69 Å². The van der Waals surface area contributed by atoms with Gasteiger partial charge >= 0.3 is 5.97 Å². The Morgan fingerprint density at radius 3 is 2.44 bits per heavy atom. The van der Waals surface area contributed by atoms with Crippen LogP contribution in [-0.4, -0.2) is 29.0 Å². The molecule has 7 heteroatoms. The lowest BCUT2D eigenvalue weighted by molar-refractivity contribution is -0.249. The van der Waals surface area contributed by atoms with E-state index in [1.54, 1.807) is 0 Å². The van der Waals surface area contributed by atoms with E-state index in [-0.39, 0.29) is 5.69 Å². The van der Waals surface area contributed by atoms with Gasteiger partial charge in [0, 0.05) is 18.5 Å². The highest BCUT2D eigenvalue weighted by Crippen LogP contribution is 1.84. The van der Waals surface area contributed by atoms with Gasteiger partial charge in [0.2, 0.25) is 0 Å². The van der Waals surface area contributed by atoms with Crippen molar-refractivity contribution in [2.75, 3.05) is 7.11 Å². The van der Waals surface area contributed by atoms with E-state index in [9.17, 15) is 9.59 Å². The van der Waals surface area contributed by atoms with Gasteiger partial charge < -0.3 is 5.73 Å². The normalized spacial score (nSPS) is 8.31. The summed E-state index contributed by atoms with van der Waals surface area (Å²) < 4.78 is 0. The van der Waals surface area contributed by atoms with Crippen molar-refractivity contribution in [3.05, 3.63) is 36.9 Å². The molecule has 1 aromatic heterocycles. The van der Waals surface area contributed by atoms with Crippen LogP contribution in [0, 0.1) is 0 Å². The van der Waals surface area contributed by atoms with Gasteiger partial charge in [-0.25, -0.2) is 9.78 Å². The Bertz CT molecular complexity index is 353. The fraction of sp³-hybridized carbons (Fsp3) is 0.111. The SMILES string of the molecule is C=CC(=O)OOC.NC(=O)c1cnccn1. The van der Waals surface area contributed by atoms with Crippen molar-refractivity contribution in [1.29, 1.82) is 0 Å². The van der Waals surface area contributed by atoms with E-state index in [4.69, 9.17) is 5.73 Å². The van der Waals surface area contributed by atoms with Crippen molar-refractivity contribution >= 4 is 11.9 Å². The smallest absolute Gasteiger partial charge is 0.364 e. The molecular formula is C9H11N3O4. The van der Waals surface area contributed by atoms with Crippen molar-refractivity contribution in [2.45, 2.75) is 0 Å². The van der Waals surface area contributed by atoms with E-state index < -0.39 is 11.9 Å². The second-order valence-electron chi connectivity index (χ2n) is 2.23. The molecule has 16 heavy (non-hydrogen) atoms. The van der Waals surface area contributed by atoms with E-state index in [1.165, 1.54) is 25.7 Å². The molecule has 0 radical (unpaired) electrons. The quantitative estimate of drug-likeness (QED) is 0.436. The van der Waals surface area contributed by atoms with Gasteiger partial charge in [-0.15, -0.1) is 0 Å². The molecule has 0 bridgehead atoms. The molecule has 1 heterocycles. The molecule has 0 fully saturated rings. The fourth-order valence-electron chi connectivity index (χ4n) is 0.542. The number of carbonyl (C=O) groups excluding carboxylic acids is 2. The Balaban J connectivity index is 0.000000293. The van der Waals surface area contributed by atoms with Crippen LogP contribution in [-0.2, 0) is 14.6 Å². The third kappa shape index (κ3) is 6.22. The van der Waals surface area contributed by atoms with Crippen LogP contribution in [0.3, 0.4) is 0 Å². The monoisotopic (exact) mass is 225 g/mol.